The van der Waals surface area contributed by atoms with Crippen LogP contribution in [0.2, 0.25) is 5.02 Å². The van der Waals surface area contributed by atoms with Crippen LogP contribution in [0.15, 0.2) is 46.8 Å². The Hall–Kier alpha value is -3.59. The van der Waals surface area contributed by atoms with Crippen molar-refractivity contribution in [3.05, 3.63) is 64.1 Å². The predicted molar refractivity (Wildman–Crippen MR) is 154 cm³/mol. The Morgan fingerprint density at radius 3 is 2.49 bits per heavy atom. The molecule has 2 N–H and O–H groups in total. The third-order valence-corrected chi connectivity index (χ3v) is 7.55. The minimum Gasteiger partial charge on any atom is -0.506 e. The van der Waals surface area contributed by atoms with Crippen LogP contribution in [0.25, 0.3) is 0 Å². The summed E-state index contributed by atoms with van der Waals surface area (Å²) in [5.41, 5.74) is 0.301. The van der Waals surface area contributed by atoms with Crippen LogP contribution < -0.4 is 10.2 Å². The Morgan fingerprint density at radius 1 is 1.02 bits per heavy atom. The van der Waals surface area contributed by atoms with Gasteiger partial charge in [-0.1, -0.05) is 17.7 Å². The number of aromatic hydroxyl groups is 1. The Balaban J connectivity index is 1.31. The number of aromatic nitrogens is 2. The van der Waals surface area contributed by atoms with Gasteiger partial charge in [0.05, 0.1) is 36.5 Å². The van der Waals surface area contributed by atoms with Crippen molar-refractivity contribution in [1.29, 1.82) is 0 Å². The zero-order chi connectivity index (χ0) is 30.6. The fourth-order valence-corrected chi connectivity index (χ4v) is 5.13. The number of piperazine rings is 1. The standard InChI is InChI=1S/C28H31ClF4N8O2/c1-39-4-6-40(7-5-39)17-18-2-3-20(13-22(18)28(31,32)33)36-21-12-19(25(42)23(29)14-21)15-35-38-27-34-16-24(30)26(37-27)41-8-10-43-11-9-41/h2-3,12-14,16,36,42H,4-11,15,17H2,1H3. The first-order valence-corrected chi connectivity index (χ1v) is 14.1. The highest BCUT2D eigenvalue weighted by Gasteiger charge is 2.34. The Morgan fingerprint density at radius 2 is 1.77 bits per heavy atom. The maximum Gasteiger partial charge on any atom is 0.416 e. The number of nitrogens with zero attached hydrogens (tertiary/aromatic N) is 7. The van der Waals surface area contributed by atoms with Crippen LogP contribution in [-0.2, 0) is 24.0 Å². The Bertz CT molecular complexity index is 1460. The molecule has 0 radical (unpaired) electrons. The molecule has 3 aromatic rings. The lowest BCUT2D eigenvalue weighted by Gasteiger charge is -2.33. The summed E-state index contributed by atoms with van der Waals surface area (Å²) in [6.07, 6.45) is -3.53. The molecular weight excluding hydrogens is 592 g/mol. The molecule has 2 aliphatic heterocycles. The third-order valence-electron chi connectivity index (χ3n) is 7.26. The van der Waals surface area contributed by atoms with Crippen LogP contribution in [0, 0.1) is 5.82 Å². The number of likely N-dealkylation sites (N-methyl/N-ethyl adjacent to an activating group) is 1. The number of phenols is 1. The number of ether oxygens (including phenoxy) is 1. The molecule has 0 atom stereocenters. The summed E-state index contributed by atoms with van der Waals surface area (Å²) in [6.45, 7) is 4.89. The number of hydrogen-bond donors (Lipinski definition) is 2. The number of hydrogen-bond acceptors (Lipinski definition) is 10. The number of alkyl halides is 3. The maximum atomic E-state index is 14.3. The van der Waals surface area contributed by atoms with E-state index in [0.29, 0.717) is 45.1 Å². The number of nitrogens with one attached hydrogen (secondary N) is 1. The minimum absolute atomic E-state index is 0.0226. The van der Waals surface area contributed by atoms with Gasteiger partial charge in [0.25, 0.3) is 5.95 Å². The fraction of sp³-hybridized carbons (Fsp3) is 0.429. The predicted octanol–water partition coefficient (Wildman–Crippen LogP) is 5.61. The number of halogens is 5. The number of azo groups is 1. The summed E-state index contributed by atoms with van der Waals surface area (Å²) in [4.78, 5) is 13.9. The first-order chi connectivity index (χ1) is 20.6. The van der Waals surface area contributed by atoms with E-state index in [9.17, 15) is 22.7 Å². The second-order valence-electron chi connectivity index (χ2n) is 10.4. The monoisotopic (exact) mass is 622 g/mol. The Kier molecular flexibility index (Phi) is 9.59. The average Bonchev–Trinajstić information content (AvgIpc) is 2.98. The van der Waals surface area contributed by atoms with Gasteiger partial charge >= 0.3 is 6.18 Å². The number of anilines is 3. The second-order valence-corrected chi connectivity index (χ2v) is 10.8. The third kappa shape index (κ3) is 7.88. The molecule has 0 aliphatic carbocycles. The molecule has 10 nitrogen and oxygen atoms in total. The summed E-state index contributed by atoms with van der Waals surface area (Å²) in [6, 6.07) is 7.05. The van der Waals surface area contributed by atoms with Crippen LogP contribution >= 0.6 is 11.6 Å². The first-order valence-electron chi connectivity index (χ1n) is 13.7. The lowest BCUT2D eigenvalue weighted by Crippen LogP contribution is -2.44. The minimum atomic E-state index is -4.54. The van der Waals surface area contributed by atoms with Gasteiger partial charge in [0.1, 0.15) is 5.75 Å². The van der Waals surface area contributed by atoms with Gasteiger partial charge in [0.2, 0.25) is 0 Å². The van der Waals surface area contributed by atoms with Crippen LogP contribution in [0.1, 0.15) is 16.7 Å². The summed E-state index contributed by atoms with van der Waals surface area (Å²) >= 11 is 6.22. The quantitative estimate of drug-likeness (QED) is 0.190. The molecule has 0 saturated carbocycles. The molecule has 2 aromatic carbocycles. The molecule has 15 heteroatoms. The van der Waals surface area contributed by atoms with Gasteiger partial charge in [-0.15, -0.1) is 5.11 Å². The second kappa shape index (κ2) is 13.4. The van der Waals surface area contributed by atoms with Crippen molar-refractivity contribution in [3.63, 3.8) is 0 Å². The smallest absolute Gasteiger partial charge is 0.416 e. The van der Waals surface area contributed by atoms with Crippen LogP contribution in [-0.4, -0.2) is 84.4 Å². The van der Waals surface area contributed by atoms with E-state index in [1.54, 1.807) is 11.0 Å². The van der Waals surface area contributed by atoms with Gasteiger partial charge in [0, 0.05) is 62.8 Å². The zero-order valence-corrected chi connectivity index (χ0v) is 24.2. The molecule has 0 unspecified atom stereocenters. The van der Waals surface area contributed by atoms with E-state index >= 15 is 0 Å². The van der Waals surface area contributed by atoms with Crippen LogP contribution in [0.3, 0.4) is 0 Å². The van der Waals surface area contributed by atoms with Crippen molar-refractivity contribution in [2.75, 3.05) is 69.7 Å². The summed E-state index contributed by atoms with van der Waals surface area (Å²) in [5, 5.41) is 21.4. The molecule has 0 bridgehead atoms. The van der Waals surface area contributed by atoms with Crippen LogP contribution in [0.5, 0.6) is 5.75 Å². The fourth-order valence-electron chi connectivity index (χ4n) is 4.89. The van der Waals surface area contributed by atoms with Crippen molar-refractivity contribution in [3.8, 4) is 5.75 Å². The number of morpholine rings is 1. The molecule has 0 spiro atoms. The van der Waals surface area contributed by atoms with Crippen molar-refractivity contribution < 1.29 is 27.4 Å². The van der Waals surface area contributed by atoms with E-state index in [-0.39, 0.29) is 52.4 Å². The van der Waals surface area contributed by atoms with Gasteiger partial charge < -0.3 is 25.0 Å². The van der Waals surface area contributed by atoms with Gasteiger partial charge in [-0.25, -0.2) is 9.37 Å². The van der Waals surface area contributed by atoms with Gasteiger partial charge in [0.15, 0.2) is 11.6 Å². The molecule has 2 aliphatic rings. The Labute approximate surface area is 251 Å². The number of phenolic OH excluding ortho intramolecular Hbond substituents is 1. The van der Waals surface area contributed by atoms with E-state index in [2.05, 4.69) is 30.4 Å². The highest BCUT2D eigenvalue weighted by atomic mass is 35.5. The van der Waals surface area contributed by atoms with Crippen molar-refractivity contribution in [2.45, 2.75) is 19.3 Å². The average molecular weight is 623 g/mol. The molecule has 3 heterocycles. The van der Waals surface area contributed by atoms with Crippen molar-refractivity contribution >= 4 is 34.7 Å². The van der Waals surface area contributed by atoms with E-state index in [4.69, 9.17) is 16.3 Å². The molecule has 2 fully saturated rings. The molecular formula is C28H31ClF4N8O2. The summed E-state index contributed by atoms with van der Waals surface area (Å²) in [5.74, 6) is -0.819. The highest BCUT2D eigenvalue weighted by Crippen LogP contribution is 2.37. The summed E-state index contributed by atoms with van der Waals surface area (Å²) < 4.78 is 61.7. The molecule has 230 valence electrons. The van der Waals surface area contributed by atoms with E-state index in [0.717, 1.165) is 25.4 Å². The summed E-state index contributed by atoms with van der Waals surface area (Å²) in [7, 11) is 1.99. The van der Waals surface area contributed by atoms with E-state index in [1.165, 1.54) is 18.2 Å². The van der Waals surface area contributed by atoms with Crippen molar-refractivity contribution in [2.24, 2.45) is 10.2 Å². The SMILES string of the molecule is CN1CCN(Cc2ccc(Nc3cc(Cl)c(O)c(CN=Nc4ncc(F)c(N5CCOCC5)n4)c3)cc2C(F)(F)F)CC1. The lowest BCUT2D eigenvalue weighted by molar-refractivity contribution is -0.138. The maximum absolute atomic E-state index is 14.3. The lowest BCUT2D eigenvalue weighted by atomic mass is 10.0. The van der Waals surface area contributed by atoms with E-state index < -0.39 is 17.6 Å². The van der Waals surface area contributed by atoms with Crippen molar-refractivity contribution in [1.82, 2.24) is 19.8 Å². The zero-order valence-electron chi connectivity index (χ0n) is 23.4. The first kappa shape index (κ1) is 30.9. The largest absolute Gasteiger partial charge is 0.506 e. The number of benzene rings is 2. The molecule has 5 rings (SSSR count). The topological polar surface area (TPSA) is 102 Å². The number of rotatable bonds is 8. The van der Waals surface area contributed by atoms with E-state index in [1.807, 2.05) is 11.9 Å². The molecule has 2 saturated heterocycles. The molecule has 1 aromatic heterocycles. The van der Waals surface area contributed by atoms with Gasteiger partial charge in [-0.3, -0.25) is 4.90 Å². The highest BCUT2D eigenvalue weighted by molar-refractivity contribution is 6.32. The van der Waals surface area contributed by atoms with Gasteiger partial charge in [-0.05, 0) is 36.9 Å². The van der Waals surface area contributed by atoms with Crippen LogP contribution in [0.4, 0.5) is 40.7 Å². The normalized spacial score (nSPS) is 17.1. The molecule has 0 amide bonds. The molecule has 43 heavy (non-hydrogen) atoms. The van der Waals surface area contributed by atoms with Gasteiger partial charge in [-0.2, -0.15) is 23.3 Å².